The summed E-state index contributed by atoms with van der Waals surface area (Å²) >= 11 is 0. The molecule has 0 amide bonds. The van der Waals surface area contributed by atoms with Crippen LogP contribution in [0.5, 0.6) is 0 Å². The van der Waals surface area contributed by atoms with E-state index in [2.05, 4.69) is 42.3 Å². The van der Waals surface area contributed by atoms with Gasteiger partial charge in [-0.3, -0.25) is 0 Å². The van der Waals surface area contributed by atoms with Gasteiger partial charge < -0.3 is 9.73 Å². The maximum absolute atomic E-state index is 6.12. The summed E-state index contributed by atoms with van der Waals surface area (Å²) in [4.78, 5) is 0. The monoisotopic (exact) mass is 355 g/mol. The van der Waals surface area contributed by atoms with Crippen LogP contribution in [0, 0.1) is 0 Å². The fraction of sp³-hybridized carbons (Fsp3) is 0.120. The first-order chi connectivity index (χ1) is 13.2. The highest BCUT2D eigenvalue weighted by molar-refractivity contribution is 5.88. The molecule has 2 heteroatoms. The molecule has 1 aromatic heterocycles. The Balaban J connectivity index is 1.76. The lowest BCUT2D eigenvalue weighted by molar-refractivity contribution is 0.561. The highest BCUT2D eigenvalue weighted by Gasteiger charge is 2.12. The number of anilines is 1. The molecule has 0 aliphatic heterocycles. The molecule has 0 spiro atoms. The lowest BCUT2D eigenvalue weighted by Crippen LogP contribution is -1.95. The van der Waals surface area contributed by atoms with Crippen LogP contribution in [0.3, 0.4) is 0 Å². The van der Waals surface area contributed by atoms with Gasteiger partial charge >= 0.3 is 0 Å². The van der Waals surface area contributed by atoms with Crippen LogP contribution in [0.2, 0.25) is 0 Å². The molecule has 0 atom stereocenters. The normalized spacial score (nSPS) is 12.3. The summed E-state index contributed by atoms with van der Waals surface area (Å²) in [5.74, 6) is 0.980. The second-order valence-corrected chi connectivity index (χ2v) is 6.33. The maximum Gasteiger partial charge on any atom is 0.134 e. The Labute approximate surface area is 161 Å². The smallest absolute Gasteiger partial charge is 0.134 e. The van der Waals surface area contributed by atoms with Crippen LogP contribution in [-0.4, -0.2) is 0 Å². The highest BCUT2D eigenvalue weighted by Crippen LogP contribution is 2.29. The molecule has 0 unspecified atom stereocenters. The molecule has 2 aromatic carbocycles. The van der Waals surface area contributed by atoms with Crippen molar-refractivity contribution in [3.05, 3.63) is 108 Å². The Morgan fingerprint density at radius 2 is 1.74 bits per heavy atom. The first kappa shape index (κ1) is 18.5. The minimum absolute atomic E-state index is 0.736. The molecule has 0 aliphatic rings. The van der Waals surface area contributed by atoms with Crippen molar-refractivity contribution in [2.75, 3.05) is 5.32 Å². The predicted octanol–water partition coefficient (Wildman–Crippen LogP) is 7.14. The summed E-state index contributed by atoms with van der Waals surface area (Å²) in [6.07, 6.45) is 11.1. The number of hydrogen-bond acceptors (Lipinski definition) is 2. The fourth-order valence-corrected chi connectivity index (χ4v) is 3.00. The molecule has 3 aromatic rings. The van der Waals surface area contributed by atoms with E-state index in [9.17, 15) is 0 Å². The molecule has 0 saturated carbocycles. The Hall–Kier alpha value is -3.26. The molecule has 2 nitrogen and oxygen atoms in total. The average molecular weight is 355 g/mol. The summed E-state index contributed by atoms with van der Waals surface area (Å²) in [5, 5.41) is 4.45. The van der Waals surface area contributed by atoms with E-state index >= 15 is 0 Å². The largest absolute Gasteiger partial charge is 0.460 e. The molecule has 1 N–H and O–H groups in total. The van der Waals surface area contributed by atoms with Crippen molar-refractivity contribution < 1.29 is 4.42 Å². The molecule has 136 valence electrons. The number of benzene rings is 2. The van der Waals surface area contributed by atoms with Gasteiger partial charge in [-0.25, -0.2) is 0 Å². The summed E-state index contributed by atoms with van der Waals surface area (Å²) < 4.78 is 6.12. The van der Waals surface area contributed by atoms with Crippen LogP contribution in [0.15, 0.2) is 101 Å². The Bertz CT molecular complexity index is 1000. The van der Waals surface area contributed by atoms with Gasteiger partial charge in [-0.1, -0.05) is 67.3 Å². The van der Waals surface area contributed by atoms with Crippen LogP contribution in [0.1, 0.15) is 25.2 Å². The summed E-state index contributed by atoms with van der Waals surface area (Å²) in [5.41, 5.74) is 5.13. The number of nitrogens with one attached hydrogen (secondary N) is 1. The topological polar surface area (TPSA) is 25.2 Å². The number of rotatable bonds is 7. The van der Waals surface area contributed by atoms with Gasteiger partial charge in [0, 0.05) is 28.8 Å². The molecule has 0 aliphatic carbocycles. The zero-order valence-electron chi connectivity index (χ0n) is 15.9. The van der Waals surface area contributed by atoms with Gasteiger partial charge in [0.25, 0.3) is 0 Å². The van der Waals surface area contributed by atoms with Crippen molar-refractivity contribution in [2.24, 2.45) is 0 Å². The van der Waals surface area contributed by atoms with E-state index < -0.39 is 0 Å². The minimum Gasteiger partial charge on any atom is -0.460 e. The van der Waals surface area contributed by atoms with Crippen LogP contribution in [-0.2, 0) is 6.42 Å². The van der Waals surface area contributed by atoms with E-state index in [1.165, 1.54) is 5.57 Å². The molecule has 0 saturated heterocycles. The summed E-state index contributed by atoms with van der Waals surface area (Å²) in [6, 6.07) is 18.2. The van der Waals surface area contributed by atoms with Crippen LogP contribution < -0.4 is 5.32 Å². The molecule has 0 radical (unpaired) electrons. The predicted molar refractivity (Wildman–Crippen MR) is 117 cm³/mol. The van der Waals surface area contributed by atoms with Gasteiger partial charge in [-0.15, -0.1) is 0 Å². The Morgan fingerprint density at radius 3 is 2.48 bits per heavy atom. The number of furan rings is 1. The molecule has 1 heterocycles. The Morgan fingerprint density at radius 1 is 1.00 bits per heavy atom. The Kier molecular flexibility index (Phi) is 6.11. The SMILES string of the molecule is C=C(/C=C\C(=C/C)Cc1oc2ccccc2c1/C=C\C)Nc1ccccc1. The van der Waals surface area contributed by atoms with Crippen molar-refractivity contribution in [2.45, 2.75) is 20.3 Å². The van der Waals surface area contributed by atoms with Gasteiger partial charge in [0.2, 0.25) is 0 Å². The van der Waals surface area contributed by atoms with Gasteiger partial charge in [-0.05, 0) is 43.7 Å². The van der Waals surface area contributed by atoms with Crippen LogP contribution in [0.25, 0.3) is 17.0 Å². The lowest BCUT2D eigenvalue weighted by atomic mass is 10.0. The van der Waals surface area contributed by atoms with Crippen molar-refractivity contribution in [3.8, 4) is 0 Å². The van der Waals surface area contributed by atoms with Crippen molar-refractivity contribution in [3.63, 3.8) is 0 Å². The highest BCUT2D eigenvalue weighted by atomic mass is 16.3. The van der Waals surface area contributed by atoms with Gasteiger partial charge in [-0.2, -0.15) is 0 Å². The van der Waals surface area contributed by atoms with E-state index in [0.29, 0.717) is 0 Å². The summed E-state index contributed by atoms with van der Waals surface area (Å²) in [7, 11) is 0. The van der Waals surface area contributed by atoms with E-state index in [1.807, 2.05) is 68.5 Å². The van der Waals surface area contributed by atoms with E-state index in [4.69, 9.17) is 4.42 Å². The van der Waals surface area contributed by atoms with Gasteiger partial charge in [0.15, 0.2) is 0 Å². The zero-order chi connectivity index (χ0) is 19.1. The lowest BCUT2D eigenvalue weighted by Gasteiger charge is -2.06. The van der Waals surface area contributed by atoms with Crippen molar-refractivity contribution in [1.82, 2.24) is 0 Å². The first-order valence-corrected chi connectivity index (χ1v) is 9.18. The quantitative estimate of drug-likeness (QED) is 0.456. The second-order valence-electron chi connectivity index (χ2n) is 6.33. The van der Waals surface area contributed by atoms with E-state index in [1.54, 1.807) is 0 Å². The minimum atomic E-state index is 0.736. The number of fused-ring (bicyclic) bond motifs is 1. The number of hydrogen-bond donors (Lipinski definition) is 1. The molecule has 0 bridgehead atoms. The number of para-hydroxylation sites is 2. The second kappa shape index (κ2) is 8.91. The zero-order valence-corrected chi connectivity index (χ0v) is 15.9. The molecule has 0 fully saturated rings. The third-order valence-corrected chi connectivity index (χ3v) is 4.36. The van der Waals surface area contributed by atoms with Gasteiger partial charge in [0.1, 0.15) is 11.3 Å². The van der Waals surface area contributed by atoms with Crippen LogP contribution in [0.4, 0.5) is 5.69 Å². The third kappa shape index (κ3) is 4.68. The van der Waals surface area contributed by atoms with E-state index in [0.717, 1.165) is 40.1 Å². The number of allylic oxidation sites excluding steroid dienone is 5. The first-order valence-electron chi connectivity index (χ1n) is 9.18. The fourth-order valence-electron chi connectivity index (χ4n) is 3.00. The molecular weight excluding hydrogens is 330 g/mol. The molecule has 3 rings (SSSR count). The van der Waals surface area contributed by atoms with Crippen molar-refractivity contribution in [1.29, 1.82) is 0 Å². The van der Waals surface area contributed by atoms with Crippen molar-refractivity contribution >= 4 is 22.7 Å². The standard InChI is InChI=1S/C25H25NO/c1-4-11-22-23-14-9-10-15-24(23)27-25(22)18-20(5-2)17-16-19(3)26-21-12-7-6-8-13-21/h4-17,26H,3,18H2,1-2H3/b11-4-,17-16-,20-5+. The molecular formula is C25H25NO. The average Bonchev–Trinajstić information content (AvgIpc) is 3.03. The molecule has 27 heavy (non-hydrogen) atoms. The summed E-state index contributed by atoms with van der Waals surface area (Å²) in [6.45, 7) is 8.16. The van der Waals surface area contributed by atoms with Crippen LogP contribution >= 0.6 is 0 Å². The van der Waals surface area contributed by atoms with E-state index in [-0.39, 0.29) is 0 Å². The maximum atomic E-state index is 6.12. The van der Waals surface area contributed by atoms with Gasteiger partial charge in [0.05, 0.1) is 0 Å². The third-order valence-electron chi connectivity index (χ3n) is 4.36.